The number of hydrogen-bond donors (Lipinski definition) is 1. The summed E-state index contributed by atoms with van der Waals surface area (Å²) in [5.41, 5.74) is 0.117. The molecule has 0 spiro atoms. The van der Waals surface area contributed by atoms with Crippen LogP contribution >= 0.6 is 15.9 Å². The van der Waals surface area contributed by atoms with Gasteiger partial charge in [0.2, 0.25) is 0 Å². The summed E-state index contributed by atoms with van der Waals surface area (Å²) in [4.78, 5) is 0. The van der Waals surface area contributed by atoms with Gasteiger partial charge >= 0.3 is 0 Å². The molecule has 12 heavy (non-hydrogen) atoms. The zero-order chi connectivity index (χ0) is 9.14. The Hall–Kier alpha value is -0.850. The lowest BCUT2D eigenvalue weighted by Gasteiger charge is -2.04. The van der Waals surface area contributed by atoms with Crippen molar-refractivity contribution in [1.82, 2.24) is 0 Å². The normalized spacial score (nSPS) is 12.2. The van der Waals surface area contributed by atoms with Gasteiger partial charge in [-0.25, -0.2) is 4.39 Å². The molecule has 0 bridgehead atoms. The molecule has 0 saturated carbocycles. The van der Waals surface area contributed by atoms with E-state index in [1.54, 1.807) is 6.07 Å². The van der Waals surface area contributed by atoms with Gasteiger partial charge in [-0.2, -0.15) is 0 Å². The maximum atomic E-state index is 12.9. The van der Waals surface area contributed by atoms with Crippen LogP contribution in [-0.4, -0.2) is 5.11 Å². The van der Waals surface area contributed by atoms with E-state index in [1.165, 1.54) is 12.1 Å². The fourth-order valence-electron chi connectivity index (χ4n) is 0.814. The van der Waals surface area contributed by atoms with Crippen molar-refractivity contribution < 1.29 is 9.50 Å². The van der Waals surface area contributed by atoms with Crippen molar-refractivity contribution in [2.45, 2.75) is 6.10 Å². The molecular formula is C9H6BrFO. The Morgan fingerprint density at radius 2 is 2.25 bits per heavy atom. The van der Waals surface area contributed by atoms with Crippen molar-refractivity contribution in [3.8, 4) is 12.3 Å². The van der Waals surface area contributed by atoms with Gasteiger partial charge in [-0.05, 0) is 18.2 Å². The van der Waals surface area contributed by atoms with Crippen LogP contribution in [0.2, 0.25) is 0 Å². The van der Waals surface area contributed by atoms with Gasteiger partial charge in [-0.15, -0.1) is 6.42 Å². The molecule has 0 aromatic heterocycles. The fraction of sp³-hybridized carbons (Fsp3) is 0.111. The fourth-order valence-corrected chi connectivity index (χ4v) is 1.19. The number of halogens is 2. The van der Waals surface area contributed by atoms with Crippen LogP contribution in [0.1, 0.15) is 11.7 Å². The molecule has 0 amide bonds. The predicted octanol–water partition coefficient (Wildman–Crippen LogP) is 2.25. The van der Waals surface area contributed by atoms with E-state index in [4.69, 9.17) is 11.5 Å². The van der Waals surface area contributed by atoms with E-state index in [2.05, 4.69) is 15.9 Å². The molecule has 1 unspecified atom stereocenters. The lowest BCUT2D eigenvalue weighted by atomic mass is 10.1. The first-order valence-corrected chi connectivity index (χ1v) is 4.03. The van der Waals surface area contributed by atoms with Crippen molar-refractivity contribution >= 4 is 15.9 Å². The predicted molar refractivity (Wildman–Crippen MR) is 47.9 cm³/mol. The summed E-state index contributed by atoms with van der Waals surface area (Å²) in [5, 5.41) is 9.14. The summed E-state index contributed by atoms with van der Waals surface area (Å²) in [6.07, 6.45) is 3.76. The van der Waals surface area contributed by atoms with Crippen LogP contribution in [0.15, 0.2) is 22.7 Å². The smallest absolute Gasteiger partial charge is 0.142 e. The van der Waals surface area contributed by atoms with E-state index in [1.807, 2.05) is 5.92 Å². The Balaban J connectivity index is 3.15. The third-order valence-corrected chi connectivity index (χ3v) is 1.90. The van der Waals surface area contributed by atoms with Gasteiger partial charge in [0, 0.05) is 10.0 Å². The monoisotopic (exact) mass is 228 g/mol. The number of aliphatic hydroxyl groups excluding tert-OH is 1. The molecule has 62 valence electrons. The zero-order valence-electron chi connectivity index (χ0n) is 6.09. The average Bonchev–Trinajstić information content (AvgIpc) is 2.08. The quantitative estimate of drug-likeness (QED) is 0.732. The minimum atomic E-state index is -1.18. The van der Waals surface area contributed by atoms with E-state index in [0.717, 1.165) is 0 Å². The zero-order valence-corrected chi connectivity index (χ0v) is 7.68. The Kier molecular flexibility index (Phi) is 2.85. The van der Waals surface area contributed by atoms with Gasteiger partial charge in [0.1, 0.15) is 11.9 Å². The van der Waals surface area contributed by atoms with Crippen molar-refractivity contribution in [2.75, 3.05) is 0 Å². The second-order valence-corrected chi connectivity index (χ2v) is 3.15. The highest BCUT2D eigenvalue weighted by atomic mass is 79.9. The summed E-state index contributed by atoms with van der Waals surface area (Å²) in [7, 11) is 0. The number of benzene rings is 1. The first-order chi connectivity index (χ1) is 5.65. The summed E-state index contributed by atoms with van der Waals surface area (Å²) in [6.45, 7) is 0. The molecule has 0 fully saturated rings. The maximum Gasteiger partial charge on any atom is 0.142 e. The van der Waals surface area contributed by atoms with Crippen LogP contribution < -0.4 is 0 Å². The highest BCUT2D eigenvalue weighted by molar-refractivity contribution is 9.10. The van der Waals surface area contributed by atoms with Gasteiger partial charge in [-0.3, -0.25) is 0 Å². The number of rotatable bonds is 1. The third-order valence-electron chi connectivity index (χ3n) is 1.41. The summed E-state index contributed by atoms with van der Waals surface area (Å²) >= 11 is 3.15. The summed E-state index contributed by atoms with van der Waals surface area (Å²) in [6, 6.07) is 4.25. The molecule has 0 aliphatic rings. The third kappa shape index (κ3) is 1.84. The molecule has 1 nitrogen and oxygen atoms in total. The van der Waals surface area contributed by atoms with E-state index in [0.29, 0.717) is 4.47 Å². The van der Waals surface area contributed by atoms with E-state index >= 15 is 0 Å². The second-order valence-electron chi connectivity index (χ2n) is 2.24. The van der Waals surface area contributed by atoms with Crippen molar-refractivity contribution in [2.24, 2.45) is 0 Å². The molecule has 3 heteroatoms. The first-order valence-electron chi connectivity index (χ1n) is 3.24. The Morgan fingerprint density at radius 1 is 1.58 bits per heavy atom. The molecule has 1 aromatic rings. The van der Waals surface area contributed by atoms with Crippen molar-refractivity contribution in [3.05, 3.63) is 34.1 Å². The highest BCUT2D eigenvalue weighted by Gasteiger charge is 2.09. The van der Waals surface area contributed by atoms with Gasteiger partial charge in [0.15, 0.2) is 0 Å². The van der Waals surface area contributed by atoms with Crippen LogP contribution in [0.4, 0.5) is 4.39 Å². The van der Waals surface area contributed by atoms with Crippen LogP contribution in [0.25, 0.3) is 0 Å². The van der Waals surface area contributed by atoms with Crippen LogP contribution in [0, 0.1) is 18.2 Å². The number of hydrogen-bond acceptors (Lipinski definition) is 1. The molecular weight excluding hydrogens is 223 g/mol. The molecule has 0 aliphatic carbocycles. The van der Waals surface area contributed by atoms with Gasteiger partial charge in [0.25, 0.3) is 0 Å². The Bertz CT molecular complexity index is 330. The summed E-state index contributed by atoms with van der Waals surface area (Å²) < 4.78 is 13.6. The first kappa shape index (κ1) is 9.24. The topological polar surface area (TPSA) is 20.2 Å². The van der Waals surface area contributed by atoms with Crippen molar-refractivity contribution in [3.63, 3.8) is 0 Å². The minimum absolute atomic E-state index is 0.117. The van der Waals surface area contributed by atoms with Crippen LogP contribution in [0.5, 0.6) is 0 Å². The number of terminal acetylenes is 1. The lowest BCUT2D eigenvalue weighted by Crippen LogP contribution is -1.97. The Labute approximate surface area is 78.4 Å². The Morgan fingerprint density at radius 3 is 2.83 bits per heavy atom. The molecule has 1 atom stereocenters. The minimum Gasteiger partial charge on any atom is -0.376 e. The van der Waals surface area contributed by atoms with Gasteiger partial charge in [0.05, 0.1) is 0 Å². The summed E-state index contributed by atoms with van der Waals surface area (Å²) in [5.74, 6) is 1.55. The lowest BCUT2D eigenvalue weighted by molar-refractivity contribution is 0.233. The molecule has 1 aromatic carbocycles. The molecule has 0 aliphatic heterocycles. The van der Waals surface area contributed by atoms with Crippen LogP contribution in [0.3, 0.4) is 0 Å². The van der Waals surface area contributed by atoms with E-state index < -0.39 is 11.9 Å². The molecule has 1 N–H and O–H groups in total. The van der Waals surface area contributed by atoms with E-state index in [-0.39, 0.29) is 5.56 Å². The molecule has 1 rings (SSSR count). The molecule has 0 heterocycles. The maximum absolute atomic E-state index is 12.9. The number of aliphatic hydroxyl groups is 1. The van der Waals surface area contributed by atoms with Gasteiger partial charge < -0.3 is 5.11 Å². The molecule has 0 saturated heterocycles. The standard InChI is InChI=1S/C9H6BrFO/c1-2-9(12)7-5-6(10)3-4-8(7)11/h1,3-5,9,12H. The largest absolute Gasteiger partial charge is 0.376 e. The highest BCUT2D eigenvalue weighted by Crippen LogP contribution is 2.20. The van der Waals surface area contributed by atoms with Gasteiger partial charge in [-0.1, -0.05) is 21.9 Å². The molecule has 0 radical (unpaired) electrons. The second kappa shape index (κ2) is 3.70. The average molecular weight is 229 g/mol. The SMILES string of the molecule is C#CC(O)c1cc(Br)ccc1F. The van der Waals surface area contributed by atoms with Crippen LogP contribution in [-0.2, 0) is 0 Å². The van der Waals surface area contributed by atoms with E-state index in [9.17, 15) is 4.39 Å². The van der Waals surface area contributed by atoms with Crippen molar-refractivity contribution in [1.29, 1.82) is 0 Å².